The molecule has 0 saturated carbocycles. The molecule has 0 radical (unpaired) electrons. The molecule has 9 heteroatoms. The number of hydrogen-bond donors (Lipinski definition) is 1. The second kappa shape index (κ2) is 24.0. The number of rotatable bonds is 26. The van der Waals surface area contributed by atoms with E-state index in [1.807, 2.05) is 10.9 Å². The van der Waals surface area contributed by atoms with E-state index < -0.39 is 0 Å². The van der Waals surface area contributed by atoms with E-state index >= 15 is 0 Å². The molecule has 1 aromatic rings. The quantitative estimate of drug-likeness (QED) is 0.205. The summed E-state index contributed by atoms with van der Waals surface area (Å²) in [5.74, 6) is 0. The molecule has 0 unspecified atom stereocenters. The smallest absolute Gasteiger partial charge is 0.0827 e. The van der Waals surface area contributed by atoms with Crippen LogP contribution in [0.2, 0.25) is 0 Å². The zero-order chi connectivity index (χ0) is 23.7. The second-order valence-electron chi connectivity index (χ2n) is 7.98. The van der Waals surface area contributed by atoms with Crippen molar-refractivity contribution in [1.29, 1.82) is 0 Å². The Morgan fingerprint density at radius 1 is 0.667 bits per heavy atom. The van der Waals surface area contributed by atoms with Crippen LogP contribution in [0.15, 0.2) is 6.20 Å². The van der Waals surface area contributed by atoms with Crippen molar-refractivity contribution in [3.63, 3.8) is 0 Å². The lowest BCUT2D eigenvalue weighted by molar-refractivity contribution is -0.0137. The third kappa shape index (κ3) is 20.0. The Morgan fingerprint density at radius 3 is 1.70 bits per heavy atom. The maximum atomic E-state index is 8.56. The molecule has 0 fully saturated rings. The van der Waals surface area contributed by atoms with Gasteiger partial charge in [-0.1, -0.05) is 57.1 Å². The summed E-state index contributed by atoms with van der Waals surface area (Å²) < 4.78 is 28.8. The molecule has 0 atom stereocenters. The first-order valence-corrected chi connectivity index (χ1v) is 12.8. The molecule has 194 valence electrons. The Hall–Kier alpha value is -1.10. The zero-order valence-electron chi connectivity index (χ0n) is 20.8. The molecule has 0 aliphatic heterocycles. The molecular weight excluding hydrogens is 426 g/mol. The van der Waals surface area contributed by atoms with Crippen molar-refractivity contribution >= 4 is 0 Å². The standard InChI is InChI=1S/C24H47N3O6/c1-2-3-4-5-6-7-8-9-10-24-23-27(26-25-24)11-13-29-15-17-31-19-21-33-22-20-32-18-16-30-14-12-28/h23,28H,2-22H2,1H3. The van der Waals surface area contributed by atoms with Crippen LogP contribution in [0.5, 0.6) is 0 Å². The molecule has 0 bridgehead atoms. The van der Waals surface area contributed by atoms with Gasteiger partial charge in [0.15, 0.2) is 0 Å². The molecule has 1 aromatic heterocycles. The zero-order valence-corrected chi connectivity index (χ0v) is 20.8. The summed E-state index contributed by atoms with van der Waals surface area (Å²) in [6.45, 7) is 8.16. The minimum atomic E-state index is 0.0379. The van der Waals surface area contributed by atoms with Crippen molar-refractivity contribution in [2.24, 2.45) is 0 Å². The minimum absolute atomic E-state index is 0.0379. The van der Waals surface area contributed by atoms with Gasteiger partial charge in [-0.3, -0.25) is 0 Å². The molecular formula is C24H47N3O6. The monoisotopic (exact) mass is 473 g/mol. The van der Waals surface area contributed by atoms with E-state index in [0.29, 0.717) is 72.6 Å². The van der Waals surface area contributed by atoms with Gasteiger partial charge in [0.2, 0.25) is 0 Å². The molecule has 33 heavy (non-hydrogen) atoms. The van der Waals surface area contributed by atoms with Crippen LogP contribution in [0.4, 0.5) is 0 Å². The summed E-state index contributed by atoms with van der Waals surface area (Å²) in [5, 5.41) is 17.0. The highest BCUT2D eigenvalue weighted by Gasteiger charge is 2.01. The lowest BCUT2D eigenvalue weighted by Crippen LogP contribution is -2.14. The van der Waals surface area contributed by atoms with Gasteiger partial charge in [0.25, 0.3) is 0 Å². The van der Waals surface area contributed by atoms with E-state index in [2.05, 4.69) is 17.2 Å². The number of ether oxygens (including phenoxy) is 5. The Bertz CT molecular complexity index is 518. The Morgan fingerprint density at radius 2 is 1.15 bits per heavy atom. The summed E-state index contributed by atoms with van der Waals surface area (Å²) in [6.07, 6.45) is 13.7. The van der Waals surface area contributed by atoms with E-state index in [1.165, 1.54) is 51.4 Å². The van der Waals surface area contributed by atoms with Gasteiger partial charge in [-0.2, -0.15) is 0 Å². The molecule has 0 saturated heterocycles. The fraction of sp³-hybridized carbons (Fsp3) is 0.917. The number of nitrogens with zero attached hydrogens (tertiary/aromatic N) is 3. The van der Waals surface area contributed by atoms with Crippen LogP contribution in [-0.2, 0) is 36.6 Å². The van der Waals surface area contributed by atoms with Gasteiger partial charge in [0, 0.05) is 6.20 Å². The predicted octanol–water partition coefficient (Wildman–Crippen LogP) is 3.04. The van der Waals surface area contributed by atoms with E-state index in [9.17, 15) is 0 Å². The third-order valence-electron chi connectivity index (χ3n) is 5.06. The molecule has 0 amide bonds. The average Bonchev–Trinajstić information content (AvgIpc) is 3.28. The number of aromatic nitrogens is 3. The maximum absolute atomic E-state index is 8.56. The molecule has 1 rings (SSSR count). The first-order valence-electron chi connectivity index (χ1n) is 12.8. The van der Waals surface area contributed by atoms with Gasteiger partial charge in [0.05, 0.1) is 84.9 Å². The van der Waals surface area contributed by atoms with Gasteiger partial charge in [0.1, 0.15) is 0 Å². The van der Waals surface area contributed by atoms with Crippen molar-refractivity contribution in [2.45, 2.75) is 71.3 Å². The first-order chi connectivity index (χ1) is 16.4. The lowest BCUT2D eigenvalue weighted by Gasteiger charge is -2.07. The highest BCUT2D eigenvalue weighted by atomic mass is 16.6. The van der Waals surface area contributed by atoms with Crippen LogP contribution in [-0.4, -0.2) is 92.8 Å². The van der Waals surface area contributed by atoms with E-state index in [-0.39, 0.29) is 6.61 Å². The Balaban J connectivity index is 1.81. The highest BCUT2D eigenvalue weighted by molar-refractivity contribution is 4.92. The van der Waals surface area contributed by atoms with Crippen LogP contribution in [0.25, 0.3) is 0 Å². The van der Waals surface area contributed by atoms with Gasteiger partial charge in [-0.05, 0) is 12.8 Å². The van der Waals surface area contributed by atoms with E-state index in [4.69, 9.17) is 28.8 Å². The lowest BCUT2D eigenvalue weighted by atomic mass is 10.1. The van der Waals surface area contributed by atoms with Crippen molar-refractivity contribution < 1.29 is 28.8 Å². The summed E-state index contributed by atoms with van der Waals surface area (Å²) in [7, 11) is 0. The number of unbranched alkanes of at least 4 members (excludes halogenated alkanes) is 7. The van der Waals surface area contributed by atoms with Gasteiger partial charge in [-0.25, -0.2) is 4.68 Å². The van der Waals surface area contributed by atoms with Crippen LogP contribution in [0.3, 0.4) is 0 Å². The number of aryl methyl sites for hydroxylation is 1. The SMILES string of the molecule is CCCCCCCCCCc1cn(CCOCCOCCOCCOCCOCCO)nn1. The summed E-state index contributed by atoms with van der Waals surface area (Å²) >= 11 is 0. The average molecular weight is 474 g/mol. The fourth-order valence-electron chi connectivity index (χ4n) is 3.21. The normalized spacial score (nSPS) is 11.5. The molecule has 0 aliphatic carbocycles. The van der Waals surface area contributed by atoms with Crippen LogP contribution in [0.1, 0.15) is 64.0 Å². The van der Waals surface area contributed by atoms with Crippen LogP contribution < -0.4 is 0 Å². The van der Waals surface area contributed by atoms with Crippen LogP contribution in [0, 0.1) is 0 Å². The number of aliphatic hydroxyl groups is 1. The summed E-state index contributed by atoms with van der Waals surface area (Å²) in [5.41, 5.74) is 1.07. The third-order valence-corrected chi connectivity index (χ3v) is 5.06. The van der Waals surface area contributed by atoms with Gasteiger partial charge < -0.3 is 28.8 Å². The second-order valence-corrected chi connectivity index (χ2v) is 7.98. The molecule has 1 N–H and O–H groups in total. The summed E-state index contributed by atoms with van der Waals surface area (Å²) in [6, 6.07) is 0. The predicted molar refractivity (Wildman–Crippen MR) is 128 cm³/mol. The van der Waals surface area contributed by atoms with Gasteiger partial charge >= 0.3 is 0 Å². The van der Waals surface area contributed by atoms with E-state index in [0.717, 1.165) is 12.1 Å². The largest absolute Gasteiger partial charge is 0.394 e. The molecule has 0 aliphatic rings. The number of aliphatic hydroxyl groups excluding tert-OH is 1. The maximum Gasteiger partial charge on any atom is 0.0827 e. The van der Waals surface area contributed by atoms with Crippen molar-refractivity contribution in [3.8, 4) is 0 Å². The van der Waals surface area contributed by atoms with Crippen molar-refractivity contribution in [3.05, 3.63) is 11.9 Å². The molecule has 0 spiro atoms. The van der Waals surface area contributed by atoms with E-state index in [1.54, 1.807) is 0 Å². The van der Waals surface area contributed by atoms with Gasteiger partial charge in [-0.15, -0.1) is 5.10 Å². The first kappa shape index (κ1) is 29.9. The van der Waals surface area contributed by atoms with Crippen molar-refractivity contribution in [2.75, 3.05) is 72.7 Å². The summed E-state index contributed by atoms with van der Waals surface area (Å²) in [4.78, 5) is 0. The Kier molecular flexibility index (Phi) is 21.8. The topological polar surface area (TPSA) is 97.1 Å². The van der Waals surface area contributed by atoms with Crippen LogP contribution >= 0.6 is 0 Å². The minimum Gasteiger partial charge on any atom is -0.394 e. The molecule has 1 heterocycles. The fourth-order valence-corrected chi connectivity index (χ4v) is 3.21. The molecule has 9 nitrogen and oxygen atoms in total. The highest BCUT2D eigenvalue weighted by Crippen LogP contribution is 2.10. The van der Waals surface area contributed by atoms with Crippen molar-refractivity contribution in [1.82, 2.24) is 15.0 Å². The molecule has 0 aromatic carbocycles. The number of hydrogen-bond acceptors (Lipinski definition) is 8. The Labute approximate surface area is 200 Å².